The van der Waals surface area contributed by atoms with E-state index < -0.39 is 22.0 Å². The number of halogens is 3. The number of thioether (sulfide) groups is 1. The molecule has 11 heteroatoms. The van der Waals surface area contributed by atoms with Crippen LogP contribution in [-0.4, -0.2) is 37.7 Å². The van der Waals surface area contributed by atoms with Crippen molar-refractivity contribution in [3.8, 4) is 11.1 Å². The molecule has 7 nitrogen and oxygen atoms in total. The number of aliphatic hydroxyl groups is 1. The molecule has 45 heavy (non-hydrogen) atoms. The van der Waals surface area contributed by atoms with Crippen LogP contribution < -0.4 is 5.32 Å². The van der Waals surface area contributed by atoms with E-state index in [0.29, 0.717) is 17.1 Å². The first-order valence-corrected chi connectivity index (χ1v) is 16.2. The van der Waals surface area contributed by atoms with Gasteiger partial charge >= 0.3 is 5.97 Å². The van der Waals surface area contributed by atoms with Crippen LogP contribution in [0.25, 0.3) is 11.1 Å². The zero-order valence-electron chi connectivity index (χ0n) is 23.9. The van der Waals surface area contributed by atoms with Crippen LogP contribution in [0.5, 0.6) is 0 Å². The van der Waals surface area contributed by atoms with Gasteiger partial charge in [-0.1, -0.05) is 114 Å². The van der Waals surface area contributed by atoms with Crippen molar-refractivity contribution in [3.05, 3.63) is 125 Å². The molecule has 4 aromatic rings. The third kappa shape index (κ3) is 8.80. The number of aliphatic hydroxyl groups excluding tert-OH is 1. The second-order valence-corrected chi connectivity index (χ2v) is 13.8. The first-order valence-electron chi connectivity index (χ1n) is 14.1. The average Bonchev–Trinajstić information content (AvgIpc) is 3.06. The maximum atomic E-state index is 11.9. The van der Waals surface area contributed by atoms with E-state index in [1.807, 2.05) is 78.9 Å². The van der Waals surface area contributed by atoms with Crippen molar-refractivity contribution in [2.45, 2.75) is 46.8 Å². The van der Waals surface area contributed by atoms with E-state index in [-0.39, 0.29) is 30.9 Å². The molecule has 0 aliphatic carbocycles. The second-order valence-electron chi connectivity index (χ2n) is 10.5. The number of aromatic carboxylic acids is 1. The molecule has 1 saturated heterocycles. The molecule has 4 aromatic carbocycles. The molecule has 1 aliphatic rings. The number of amides is 1. The van der Waals surface area contributed by atoms with Gasteiger partial charge in [0.1, 0.15) is 0 Å². The molecule has 0 aromatic heterocycles. The van der Waals surface area contributed by atoms with E-state index in [1.54, 1.807) is 18.2 Å². The minimum absolute atomic E-state index is 0.0430. The van der Waals surface area contributed by atoms with E-state index >= 15 is 0 Å². The third-order valence-electron chi connectivity index (χ3n) is 7.31. The van der Waals surface area contributed by atoms with Crippen molar-refractivity contribution in [2.24, 2.45) is 0 Å². The summed E-state index contributed by atoms with van der Waals surface area (Å²) in [6, 6.07) is 30.2. The molecule has 1 heterocycles. The zero-order valence-corrected chi connectivity index (χ0v) is 27.0. The van der Waals surface area contributed by atoms with Gasteiger partial charge in [0, 0.05) is 29.2 Å². The first-order chi connectivity index (χ1) is 21.6. The zero-order chi connectivity index (χ0) is 32.0. The average molecular weight is 687 g/mol. The Hall–Kier alpha value is -3.08. The Kier molecular flexibility index (Phi) is 11.1. The molecule has 1 fully saturated rings. The lowest BCUT2D eigenvalue weighted by Crippen LogP contribution is -2.33. The molecule has 234 valence electrons. The molecule has 1 amide bonds. The van der Waals surface area contributed by atoms with Crippen LogP contribution in [0, 0.1) is 0 Å². The lowest BCUT2D eigenvalue weighted by atomic mass is 9.99. The Morgan fingerprint density at radius 2 is 1.56 bits per heavy atom. The Bertz CT molecular complexity index is 1630. The second kappa shape index (κ2) is 15.0. The van der Waals surface area contributed by atoms with E-state index in [0.717, 1.165) is 33.4 Å². The largest absolute Gasteiger partial charge is 0.478 e. The summed E-state index contributed by atoms with van der Waals surface area (Å²) in [6.07, 6.45) is -0.566. The monoisotopic (exact) mass is 685 g/mol. The maximum Gasteiger partial charge on any atom is 0.336 e. The van der Waals surface area contributed by atoms with Crippen molar-refractivity contribution in [3.63, 3.8) is 0 Å². The lowest BCUT2D eigenvalue weighted by molar-refractivity contribution is -0.245. The molecule has 0 saturated carbocycles. The van der Waals surface area contributed by atoms with Crippen molar-refractivity contribution < 1.29 is 29.3 Å². The van der Waals surface area contributed by atoms with Crippen LogP contribution in [-0.2, 0) is 27.4 Å². The third-order valence-corrected chi connectivity index (χ3v) is 9.03. The SMILES string of the molecule is O=C(O)c1ccccc1SC[C@H]1C[C@@H](c2ccc(CO)cc2)O[C@@H](c2ccc(-c3cccc(CNC(=O)C(Cl)(Cl)Cl)c3)cc2)O1. The number of benzene rings is 4. The van der Waals surface area contributed by atoms with Gasteiger partial charge < -0.3 is 25.0 Å². The molecule has 0 radical (unpaired) electrons. The van der Waals surface area contributed by atoms with Gasteiger partial charge in [0.05, 0.1) is 24.4 Å². The molecule has 3 N–H and O–H groups in total. The normalized spacial score (nSPS) is 18.4. The summed E-state index contributed by atoms with van der Waals surface area (Å²) in [7, 11) is 0. The highest BCUT2D eigenvalue weighted by Crippen LogP contribution is 2.40. The van der Waals surface area contributed by atoms with Gasteiger partial charge in [-0.25, -0.2) is 4.79 Å². The minimum atomic E-state index is -2.03. The standard InChI is InChI=1S/C34H30Cl3NO6S/c35-34(36,37)33(42)38-18-22-4-3-5-26(16-22)23-12-14-25(15-13-23)32-43-27(20-45-30-7-2-1-6-28(30)31(40)41)17-29(44-32)24-10-8-21(19-39)9-11-24/h1-16,27,29,32,39H,17-20H2,(H,38,42)(H,40,41)/t27-,29+,32+/m1/s1. The summed E-state index contributed by atoms with van der Waals surface area (Å²) in [4.78, 5) is 24.3. The molecule has 5 rings (SSSR count). The fourth-order valence-electron chi connectivity index (χ4n) is 4.95. The van der Waals surface area contributed by atoms with Gasteiger partial charge in [0.2, 0.25) is 0 Å². The summed E-state index contributed by atoms with van der Waals surface area (Å²) >= 11 is 18.4. The van der Waals surface area contributed by atoms with Crippen LogP contribution in [0.2, 0.25) is 0 Å². The van der Waals surface area contributed by atoms with Crippen molar-refractivity contribution in [1.82, 2.24) is 5.32 Å². The predicted octanol–water partition coefficient (Wildman–Crippen LogP) is 7.87. The van der Waals surface area contributed by atoms with Crippen LogP contribution in [0.3, 0.4) is 0 Å². The molecule has 1 aliphatic heterocycles. The van der Waals surface area contributed by atoms with Gasteiger partial charge in [-0.15, -0.1) is 11.8 Å². The summed E-state index contributed by atoms with van der Waals surface area (Å²) in [6.45, 7) is 0.165. The van der Waals surface area contributed by atoms with Crippen molar-refractivity contribution in [2.75, 3.05) is 5.75 Å². The number of ether oxygens (including phenoxy) is 2. The lowest BCUT2D eigenvalue weighted by Gasteiger charge is -2.36. The number of carbonyl (C=O) groups is 2. The number of hydrogen-bond donors (Lipinski definition) is 3. The smallest absolute Gasteiger partial charge is 0.336 e. The highest BCUT2D eigenvalue weighted by atomic mass is 35.6. The van der Waals surface area contributed by atoms with Gasteiger partial charge in [0.25, 0.3) is 9.70 Å². The van der Waals surface area contributed by atoms with E-state index in [2.05, 4.69) is 5.32 Å². The van der Waals surface area contributed by atoms with Crippen molar-refractivity contribution >= 4 is 58.4 Å². The molecule has 0 unspecified atom stereocenters. The Balaban J connectivity index is 1.33. The summed E-state index contributed by atoms with van der Waals surface area (Å²) < 4.78 is 10.9. The van der Waals surface area contributed by atoms with E-state index in [9.17, 15) is 19.8 Å². The molecule has 0 bridgehead atoms. The quantitative estimate of drug-likeness (QED) is 0.115. The number of carboxylic acid groups (broad SMARTS) is 1. The molecule has 3 atom stereocenters. The van der Waals surface area contributed by atoms with E-state index in [4.69, 9.17) is 44.3 Å². The maximum absolute atomic E-state index is 11.9. The first kappa shape index (κ1) is 33.3. The Morgan fingerprint density at radius 1 is 0.844 bits per heavy atom. The summed E-state index contributed by atoms with van der Waals surface area (Å²) in [5.41, 5.74) is 5.62. The number of hydrogen-bond acceptors (Lipinski definition) is 6. The Morgan fingerprint density at radius 3 is 2.24 bits per heavy atom. The number of carbonyl (C=O) groups excluding carboxylic acids is 1. The van der Waals surface area contributed by atoms with Gasteiger partial charge in [-0.05, 0) is 46.0 Å². The fraction of sp³-hybridized carbons (Fsp3) is 0.235. The number of nitrogens with one attached hydrogen (secondary N) is 1. The topological polar surface area (TPSA) is 105 Å². The van der Waals surface area contributed by atoms with Crippen molar-refractivity contribution in [1.29, 1.82) is 0 Å². The highest BCUT2D eigenvalue weighted by molar-refractivity contribution is 7.99. The Labute approximate surface area is 280 Å². The predicted molar refractivity (Wildman–Crippen MR) is 177 cm³/mol. The number of alkyl halides is 3. The number of carboxylic acids is 1. The van der Waals surface area contributed by atoms with Gasteiger partial charge in [-0.2, -0.15) is 0 Å². The van der Waals surface area contributed by atoms with E-state index in [1.165, 1.54) is 11.8 Å². The molecular formula is C34H30Cl3NO6S. The highest BCUT2D eigenvalue weighted by Gasteiger charge is 2.33. The fourth-order valence-corrected chi connectivity index (χ4v) is 6.22. The van der Waals surface area contributed by atoms with Crippen LogP contribution in [0.15, 0.2) is 102 Å². The van der Waals surface area contributed by atoms with Crippen LogP contribution >= 0.6 is 46.6 Å². The molecule has 0 spiro atoms. The van der Waals surface area contributed by atoms with Gasteiger partial charge in [-0.3, -0.25) is 4.79 Å². The van der Waals surface area contributed by atoms with Crippen LogP contribution in [0.1, 0.15) is 51.4 Å². The number of rotatable bonds is 10. The minimum Gasteiger partial charge on any atom is -0.478 e. The van der Waals surface area contributed by atoms with Crippen LogP contribution in [0.4, 0.5) is 0 Å². The van der Waals surface area contributed by atoms with Gasteiger partial charge in [0.15, 0.2) is 6.29 Å². The summed E-state index contributed by atoms with van der Waals surface area (Å²) in [5.74, 6) is -1.13. The summed E-state index contributed by atoms with van der Waals surface area (Å²) in [5, 5.41) is 21.7. The molecular weight excluding hydrogens is 657 g/mol.